The predicted octanol–water partition coefficient (Wildman–Crippen LogP) is 4.80. The van der Waals surface area contributed by atoms with E-state index in [1.165, 1.54) is 48.6 Å². The Balaban J connectivity index is 1.60. The van der Waals surface area contributed by atoms with Crippen molar-refractivity contribution in [3.05, 3.63) is 34.3 Å². The van der Waals surface area contributed by atoms with Gasteiger partial charge in [-0.3, -0.25) is 0 Å². The Labute approximate surface area is 131 Å². The first-order valence-electron chi connectivity index (χ1n) is 8.22. The van der Waals surface area contributed by atoms with Crippen LogP contribution in [0.5, 0.6) is 0 Å². The van der Waals surface area contributed by atoms with Crippen LogP contribution in [0.2, 0.25) is 0 Å². The summed E-state index contributed by atoms with van der Waals surface area (Å²) in [5.74, 6) is 3.10. The largest absolute Gasteiger partial charge is 0.314 e. The molecule has 0 heterocycles. The Morgan fingerprint density at radius 1 is 1.30 bits per heavy atom. The number of rotatable bonds is 6. The molecule has 0 amide bonds. The average molecular weight is 336 g/mol. The summed E-state index contributed by atoms with van der Waals surface area (Å²) in [5, 5.41) is 3.72. The standard InChI is InChI=1S/C18H26BrN/c1-2-20-18(11-13-4-3-5-17(19)10-13)12-16-9-14-6-7-15(16)8-14/h3-5,10,14-16,18,20H,2,6-9,11-12H2,1H3. The Hall–Kier alpha value is -0.340. The van der Waals surface area contributed by atoms with Gasteiger partial charge in [0.05, 0.1) is 0 Å². The number of benzene rings is 1. The van der Waals surface area contributed by atoms with Crippen LogP contribution in [0.3, 0.4) is 0 Å². The fourth-order valence-electron chi connectivity index (χ4n) is 4.51. The van der Waals surface area contributed by atoms with Gasteiger partial charge in [0.15, 0.2) is 0 Å². The van der Waals surface area contributed by atoms with E-state index in [1.807, 2.05) is 0 Å². The van der Waals surface area contributed by atoms with Crippen LogP contribution in [-0.2, 0) is 6.42 Å². The Morgan fingerprint density at radius 3 is 2.85 bits per heavy atom. The van der Waals surface area contributed by atoms with Crippen molar-refractivity contribution in [2.24, 2.45) is 17.8 Å². The van der Waals surface area contributed by atoms with Crippen molar-refractivity contribution in [1.29, 1.82) is 0 Å². The van der Waals surface area contributed by atoms with Crippen molar-refractivity contribution in [1.82, 2.24) is 5.32 Å². The maximum Gasteiger partial charge on any atom is 0.0178 e. The van der Waals surface area contributed by atoms with Crippen molar-refractivity contribution in [2.45, 2.75) is 51.5 Å². The number of halogens is 1. The molecular weight excluding hydrogens is 310 g/mol. The van der Waals surface area contributed by atoms with Crippen LogP contribution in [-0.4, -0.2) is 12.6 Å². The van der Waals surface area contributed by atoms with Gasteiger partial charge in [0, 0.05) is 10.5 Å². The fourth-order valence-corrected chi connectivity index (χ4v) is 4.95. The van der Waals surface area contributed by atoms with Gasteiger partial charge < -0.3 is 5.32 Å². The fraction of sp³-hybridized carbons (Fsp3) is 0.667. The van der Waals surface area contributed by atoms with Crippen LogP contribution < -0.4 is 5.32 Å². The number of likely N-dealkylation sites (N-methyl/N-ethyl adjacent to an activating group) is 1. The third kappa shape index (κ3) is 3.46. The van der Waals surface area contributed by atoms with E-state index < -0.39 is 0 Å². The second-order valence-electron chi connectivity index (χ2n) is 6.76. The monoisotopic (exact) mass is 335 g/mol. The summed E-state index contributed by atoms with van der Waals surface area (Å²) >= 11 is 3.59. The zero-order valence-corrected chi connectivity index (χ0v) is 14.0. The first kappa shape index (κ1) is 14.6. The molecule has 2 aliphatic carbocycles. The van der Waals surface area contributed by atoms with Crippen molar-refractivity contribution >= 4 is 15.9 Å². The Morgan fingerprint density at radius 2 is 2.20 bits per heavy atom. The summed E-state index contributed by atoms with van der Waals surface area (Å²) in [7, 11) is 0. The molecule has 20 heavy (non-hydrogen) atoms. The van der Waals surface area contributed by atoms with Crippen molar-refractivity contribution in [2.75, 3.05) is 6.54 Å². The molecule has 0 spiro atoms. The second-order valence-corrected chi connectivity index (χ2v) is 7.67. The van der Waals surface area contributed by atoms with E-state index in [2.05, 4.69) is 52.4 Å². The molecule has 1 aromatic carbocycles. The van der Waals surface area contributed by atoms with Gasteiger partial charge in [-0.15, -0.1) is 0 Å². The molecule has 0 radical (unpaired) electrons. The lowest BCUT2D eigenvalue weighted by Crippen LogP contribution is -2.34. The molecular formula is C18H26BrN. The molecule has 2 saturated carbocycles. The summed E-state index contributed by atoms with van der Waals surface area (Å²) < 4.78 is 1.20. The molecule has 3 rings (SSSR count). The van der Waals surface area contributed by atoms with E-state index in [0.29, 0.717) is 6.04 Å². The summed E-state index contributed by atoms with van der Waals surface area (Å²) in [6.07, 6.45) is 8.60. The highest BCUT2D eigenvalue weighted by atomic mass is 79.9. The molecule has 0 saturated heterocycles. The highest BCUT2D eigenvalue weighted by Crippen LogP contribution is 2.50. The van der Waals surface area contributed by atoms with Gasteiger partial charge in [0.25, 0.3) is 0 Å². The molecule has 1 N–H and O–H groups in total. The molecule has 2 bridgehead atoms. The smallest absolute Gasteiger partial charge is 0.0178 e. The molecule has 4 unspecified atom stereocenters. The molecule has 110 valence electrons. The molecule has 4 atom stereocenters. The Kier molecular flexibility index (Phi) is 4.83. The highest BCUT2D eigenvalue weighted by molar-refractivity contribution is 9.10. The van der Waals surface area contributed by atoms with E-state index in [-0.39, 0.29) is 0 Å². The predicted molar refractivity (Wildman–Crippen MR) is 88.9 cm³/mol. The third-order valence-electron chi connectivity index (χ3n) is 5.34. The van der Waals surface area contributed by atoms with Crippen LogP contribution in [0, 0.1) is 17.8 Å². The molecule has 2 fully saturated rings. The van der Waals surface area contributed by atoms with Gasteiger partial charge in [-0.05, 0) is 74.1 Å². The first-order valence-corrected chi connectivity index (χ1v) is 9.01. The molecule has 2 heteroatoms. The van der Waals surface area contributed by atoms with E-state index in [1.54, 1.807) is 0 Å². The van der Waals surface area contributed by atoms with Gasteiger partial charge in [-0.25, -0.2) is 0 Å². The molecule has 0 aliphatic heterocycles. The molecule has 0 aromatic heterocycles. The van der Waals surface area contributed by atoms with Crippen LogP contribution in [0.1, 0.15) is 44.6 Å². The van der Waals surface area contributed by atoms with Gasteiger partial charge in [0.1, 0.15) is 0 Å². The number of hydrogen-bond acceptors (Lipinski definition) is 1. The maximum absolute atomic E-state index is 3.72. The number of nitrogens with one attached hydrogen (secondary N) is 1. The minimum atomic E-state index is 0.652. The summed E-state index contributed by atoms with van der Waals surface area (Å²) in [6.45, 7) is 3.31. The lowest BCUT2D eigenvalue weighted by molar-refractivity contribution is 0.278. The second kappa shape index (κ2) is 6.62. The first-order chi connectivity index (χ1) is 9.74. The van der Waals surface area contributed by atoms with Crippen LogP contribution in [0.4, 0.5) is 0 Å². The third-order valence-corrected chi connectivity index (χ3v) is 5.83. The average Bonchev–Trinajstić information content (AvgIpc) is 3.01. The van der Waals surface area contributed by atoms with E-state index in [0.717, 1.165) is 24.3 Å². The summed E-state index contributed by atoms with van der Waals surface area (Å²) in [5.41, 5.74) is 1.45. The quantitative estimate of drug-likeness (QED) is 0.787. The van der Waals surface area contributed by atoms with Crippen LogP contribution in [0.25, 0.3) is 0 Å². The SMILES string of the molecule is CCNC(Cc1cccc(Br)c1)CC1CC2CCC1C2. The van der Waals surface area contributed by atoms with Crippen molar-refractivity contribution in [3.8, 4) is 0 Å². The maximum atomic E-state index is 3.72. The zero-order chi connectivity index (χ0) is 13.9. The van der Waals surface area contributed by atoms with Gasteiger partial charge >= 0.3 is 0 Å². The van der Waals surface area contributed by atoms with Crippen LogP contribution >= 0.6 is 15.9 Å². The topological polar surface area (TPSA) is 12.0 Å². The minimum Gasteiger partial charge on any atom is -0.314 e. The lowest BCUT2D eigenvalue weighted by Gasteiger charge is -2.27. The van der Waals surface area contributed by atoms with Gasteiger partial charge in [0.2, 0.25) is 0 Å². The Bertz CT molecular complexity index is 445. The summed E-state index contributed by atoms with van der Waals surface area (Å²) in [4.78, 5) is 0. The molecule has 1 aromatic rings. The number of hydrogen-bond donors (Lipinski definition) is 1. The van der Waals surface area contributed by atoms with Crippen molar-refractivity contribution in [3.63, 3.8) is 0 Å². The lowest BCUT2D eigenvalue weighted by atomic mass is 9.83. The van der Waals surface area contributed by atoms with Crippen LogP contribution in [0.15, 0.2) is 28.7 Å². The van der Waals surface area contributed by atoms with Crippen molar-refractivity contribution < 1.29 is 0 Å². The number of fused-ring (bicyclic) bond motifs is 2. The van der Waals surface area contributed by atoms with E-state index in [9.17, 15) is 0 Å². The zero-order valence-electron chi connectivity index (χ0n) is 12.4. The summed E-state index contributed by atoms with van der Waals surface area (Å²) in [6, 6.07) is 9.45. The van der Waals surface area contributed by atoms with E-state index >= 15 is 0 Å². The normalized spacial score (nSPS) is 29.8. The minimum absolute atomic E-state index is 0.652. The van der Waals surface area contributed by atoms with E-state index in [4.69, 9.17) is 0 Å². The van der Waals surface area contributed by atoms with Gasteiger partial charge in [-0.2, -0.15) is 0 Å². The van der Waals surface area contributed by atoms with Gasteiger partial charge in [-0.1, -0.05) is 41.4 Å². The molecule has 1 nitrogen and oxygen atoms in total. The highest BCUT2D eigenvalue weighted by Gasteiger charge is 2.39. The molecule has 2 aliphatic rings.